The highest BCUT2D eigenvalue weighted by Crippen LogP contribution is 2.38. The number of alkyl halides is 6. The lowest BCUT2D eigenvalue weighted by atomic mass is 10.0. The number of nitrogens with zero attached hydrogens (tertiary/aromatic N) is 3. The molecule has 0 N–H and O–H groups in total. The van der Waals surface area contributed by atoms with E-state index in [-0.39, 0.29) is 53.6 Å². The van der Waals surface area contributed by atoms with Gasteiger partial charge in [-0.05, 0) is 74.2 Å². The minimum Gasteiger partial charge on any atom is -0.489 e. The van der Waals surface area contributed by atoms with Crippen LogP contribution >= 0.6 is 46.4 Å². The van der Waals surface area contributed by atoms with E-state index in [0.717, 1.165) is 65.7 Å². The Bertz CT molecular complexity index is 2240. The normalized spacial score (nSPS) is 12.9. The van der Waals surface area contributed by atoms with Gasteiger partial charge >= 0.3 is 18.1 Å². The number of carbonyl (C=O) groups excluding carboxylic acids is 4. The van der Waals surface area contributed by atoms with Gasteiger partial charge in [0.15, 0.2) is 11.4 Å². The van der Waals surface area contributed by atoms with Crippen molar-refractivity contribution in [2.45, 2.75) is 57.6 Å². The van der Waals surface area contributed by atoms with Crippen LogP contribution in [0.15, 0.2) is 78.9 Å². The Labute approximate surface area is 387 Å². The van der Waals surface area contributed by atoms with Crippen LogP contribution in [0.25, 0.3) is 0 Å². The third kappa shape index (κ3) is 14.6. The van der Waals surface area contributed by atoms with Crippen LogP contribution < -0.4 is 19.3 Å². The van der Waals surface area contributed by atoms with Gasteiger partial charge in [-0.15, -0.1) is 11.6 Å². The highest BCUT2D eigenvalue weighted by molar-refractivity contribution is 6.54. The molecule has 0 aromatic heterocycles. The van der Waals surface area contributed by atoms with E-state index < -0.39 is 51.3 Å². The monoisotopic (exact) mass is 975 g/mol. The Balaban J connectivity index is 0.000000273. The fraction of sp³-hybridized carbons (Fsp3) is 0.349. The third-order valence-electron chi connectivity index (χ3n) is 8.88. The van der Waals surface area contributed by atoms with Crippen LogP contribution in [0.4, 0.5) is 30.2 Å². The number of fused-ring (bicyclic) bond motifs is 1. The predicted octanol–water partition coefficient (Wildman–Crippen LogP) is 10.4. The summed E-state index contributed by atoms with van der Waals surface area (Å²) in [5.41, 5.74) is 1.80. The number of nitro benzene ring substituents is 1. The van der Waals surface area contributed by atoms with Crippen molar-refractivity contribution < 1.29 is 61.0 Å². The molecule has 0 aliphatic carbocycles. The Kier molecular flexibility index (Phi) is 20.9. The number of aryl methyl sites for hydroxylation is 2. The molecule has 1 atom stereocenters. The first-order valence-corrected chi connectivity index (χ1v) is 21.1. The molecule has 2 amide bonds. The molecule has 5 rings (SSSR count). The summed E-state index contributed by atoms with van der Waals surface area (Å²) >= 11 is 22.7. The summed E-state index contributed by atoms with van der Waals surface area (Å²) in [7, 11) is 1.58. The highest BCUT2D eigenvalue weighted by Gasteiger charge is 2.33. The number of para-hydroxylation sites is 3. The molecule has 0 saturated carbocycles. The summed E-state index contributed by atoms with van der Waals surface area (Å²) in [5.74, 6) is -2.15. The Hall–Kier alpha value is -5.33. The molecule has 1 aliphatic heterocycles. The summed E-state index contributed by atoms with van der Waals surface area (Å²) in [6.07, 6.45) is -2.86. The average Bonchev–Trinajstić information content (AvgIpc) is 3.27. The molecule has 1 heterocycles. The zero-order valence-corrected chi connectivity index (χ0v) is 38.1. The molecule has 4 aromatic rings. The van der Waals surface area contributed by atoms with Crippen molar-refractivity contribution in [3.05, 3.63) is 116 Å². The van der Waals surface area contributed by atoms with E-state index >= 15 is 0 Å². The van der Waals surface area contributed by atoms with Crippen LogP contribution in [0.2, 0.25) is 5.02 Å². The highest BCUT2D eigenvalue weighted by atomic mass is 35.5. The molecule has 4 aromatic carbocycles. The molecule has 21 heteroatoms. The lowest BCUT2D eigenvalue weighted by Gasteiger charge is -2.35. The molecule has 0 fully saturated rings. The van der Waals surface area contributed by atoms with Gasteiger partial charge < -0.3 is 28.6 Å². The van der Waals surface area contributed by atoms with Gasteiger partial charge in [0, 0.05) is 19.2 Å². The quantitative estimate of drug-likeness (QED) is 0.0388. The molecule has 0 radical (unpaired) electrons. The van der Waals surface area contributed by atoms with Crippen LogP contribution in [0.1, 0.15) is 54.7 Å². The van der Waals surface area contributed by atoms with Gasteiger partial charge in [-0.2, -0.15) is 13.2 Å². The van der Waals surface area contributed by atoms with E-state index in [9.17, 15) is 42.5 Å². The van der Waals surface area contributed by atoms with E-state index in [1.807, 2.05) is 49.4 Å². The minimum absolute atomic E-state index is 0.0371. The van der Waals surface area contributed by atoms with Gasteiger partial charge in [-0.25, -0.2) is 9.59 Å². The molecule has 0 bridgehead atoms. The van der Waals surface area contributed by atoms with Crippen molar-refractivity contribution in [2.75, 3.05) is 49.3 Å². The SMILES string of the molecule is CC1COc2ccccc2N1C(=O)C(Cl)Cl.CCOC(=O)COC(=O)c1cc(Oc2ccc(C(F)(F)F)cc2Cl)ccc1[N+](=O)[O-].CCc1cccc(CC)c1N(COC)C(=O)CCl. The first-order chi connectivity index (χ1) is 30.3. The molecule has 0 saturated heterocycles. The summed E-state index contributed by atoms with van der Waals surface area (Å²) in [6.45, 7) is 7.55. The molecule has 14 nitrogen and oxygen atoms in total. The van der Waals surface area contributed by atoms with Gasteiger partial charge in [-0.1, -0.05) is 79.0 Å². The number of amides is 2. The third-order valence-corrected chi connectivity index (χ3v) is 9.77. The molecule has 1 aliphatic rings. The molecular formula is C43H44Cl4F3N3O11. The topological polar surface area (TPSA) is 164 Å². The van der Waals surface area contributed by atoms with Gasteiger partial charge in [-0.3, -0.25) is 24.6 Å². The van der Waals surface area contributed by atoms with Crippen molar-refractivity contribution in [2.24, 2.45) is 0 Å². The fourth-order valence-corrected chi connectivity index (χ4v) is 6.53. The fourth-order valence-electron chi connectivity index (χ4n) is 5.96. The van der Waals surface area contributed by atoms with E-state index in [1.54, 1.807) is 16.9 Å². The maximum atomic E-state index is 12.7. The number of carbonyl (C=O) groups is 4. The maximum absolute atomic E-state index is 12.7. The number of hydrogen-bond acceptors (Lipinski definition) is 11. The number of anilines is 2. The number of methoxy groups -OCH3 is 1. The number of halogens is 7. The van der Waals surface area contributed by atoms with E-state index in [0.29, 0.717) is 18.4 Å². The second-order valence-electron chi connectivity index (χ2n) is 13.2. The lowest BCUT2D eigenvalue weighted by molar-refractivity contribution is -0.385. The van der Waals surface area contributed by atoms with Crippen molar-refractivity contribution in [1.82, 2.24) is 0 Å². The van der Waals surface area contributed by atoms with Crippen molar-refractivity contribution in [3.63, 3.8) is 0 Å². The summed E-state index contributed by atoms with van der Waals surface area (Å²) < 4.78 is 63.4. The van der Waals surface area contributed by atoms with Gasteiger partial charge in [0.05, 0.1) is 39.5 Å². The van der Waals surface area contributed by atoms with Gasteiger partial charge in [0.25, 0.3) is 11.6 Å². The smallest absolute Gasteiger partial charge is 0.416 e. The van der Waals surface area contributed by atoms with Crippen molar-refractivity contribution in [1.29, 1.82) is 0 Å². The molecule has 0 spiro atoms. The number of esters is 2. The van der Waals surface area contributed by atoms with Crippen molar-refractivity contribution in [3.8, 4) is 17.2 Å². The average molecular weight is 978 g/mol. The molecule has 1 unspecified atom stereocenters. The number of rotatable bonds is 14. The summed E-state index contributed by atoms with van der Waals surface area (Å²) in [5, 5.41) is 10.8. The predicted molar refractivity (Wildman–Crippen MR) is 236 cm³/mol. The number of nitro groups is 1. The number of benzene rings is 4. The zero-order valence-electron chi connectivity index (χ0n) is 35.1. The largest absolute Gasteiger partial charge is 0.489 e. The van der Waals surface area contributed by atoms with Crippen LogP contribution in [0, 0.1) is 10.1 Å². The minimum atomic E-state index is -4.61. The summed E-state index contributed by atoms with van der Waals surface area (Å²) in [6, 6.07) is 18.7. The maximum Gasteiger partial charge on any atom is 0.416 e. The van der Waals surface area contributed by atoms with Crippen LogP contribution in [0.5, 0.6) is 17.2 Å². The number of hydrogen-bond donors (Lipinski definition) is 0. The van der Waals surface area contributed by atoms with Crippen LogP contribution in [-0.4, -0.2) is 79.1 Å². The first kappa shape index (κ1) is 53.0. The first-order valence-electron chi connectivity index (χ1n) is 19.3. The van der Waals surface area contributed by atoms with Crippen molar-refractivity contribution >= 4 is 87.2 Å². The second kappa shape index (κ2) is 25.2. The Morgan fingerprint density at radius 1 is 0.953 bits per heavy atom. The van der Waals surface area contributed by atoms with E-state index in [2.05, 4.69) is 18.6 Å². The zero-order chi connectivity index (χ0) is 47.7. The number of ether oxygens (including phenoxy) is 5. The Morgan fingerprint density at radius 3 is 2.16 bits per heavy atom. The van der Waals surface area contributed by atoms with Gasteiger partial charge in [0.2, 0.25) is 5.91 Å². The van der Waals surface area contributed by atoms with Crippen LogP contribution in [-0.2, 0) is 47.6 Å². The molecule has 64 heavy (non-hydrogen) atoms. The van der Waals surface area contributed by atoms with Crippen LogP contribution in [0.3, 0.4) is 0 Å². The van der Waals surface area contributed by atoms with E-state index in [1.165, 1.54) is 6.92 Å². The molecule has 346 valence electrons. The van der Waals surface area contributed by atoms with Gasteiger partial charge in [0.1, 0.15) is 42.0 Å². The Morgan fingerprint density at radius 2 is 1.61 bits per heavy atom. The summed E-state index contributed by atoms with van der Waals surface area (Å²) in [4.78, 5) is 59.8. The van der Waals surface area contributed by atoms with E-state index in [4.69, 9.17) is 65.4 Å². The second-order valence-corrected chi connectivity index (χ2v) is 15.0. The standard InChI is InChI=1S/C18H13ClF3NO7.C14H20ClNO2.C11H11Cl2NO2/c1-2-28-16(24)9-29-17(25)12-8-11(4-5-14(12)23(26)27)30-15-6-3-10(7-13(15)19)18(20,21)22;1-4-11-7-6-8-12(5-2)14(11)16(10-18-3)13(17)9-15;1-7-6-16-9-5-3-2-4-8(9)14(7)11(15)10(12)13/h3-8H,2,9H2,1H3;6-8H,4-5,9-10H2,1-3H3;2-5,7,10H,6H2,1H3. The molecular weight excluding hydrogens is 933 g/mol. The lowest BCUT2D eigenvalue weighted by Crippen LogP contribution is -2.47.